The minimum absolute atomic E-state index is 0.449. The molecule has 18 heavy (non-hydrogen) atoms. The van der Waals surface area contributed by atoms with Gasteiger partial charge >= 0.3 is 5.97 Å². The van der Waals surface area contributed by atoms with Crippen molar-refractivity contribution in [3.63, 3.8) is 0 Å². The molecule has 0 spiro atoms. The van der Waals surface area contributed by atoms with Crippen molar-refractivity contribution in [1.29, 1.82) is 0 Å². The van der Waals surface area contributed by atoms with Gasteiger partial charge in [-0.1, -0.05) is 12.1 Å². The normalized spacial score (nSPS) is 16.4. The van der Waals surface area contributed by atoms with Crippen LogP contribution in [0.15, 0.2) is 23.1 Å². The van der Waals surface area contributed by atoms with Crippen LogP contribution in [0.5, 0.6) is 0 Å². The van der Waals surface area contributed by atoms with Crippen molar-refractivity contribution < 1.29 is 9.90 Å². The average Bonchev–Trinajstić information content (AvgIpc) is 2.37. The maximum atomic E-state index is 10.9. The fourth-order valence-electron chi connectivity index (χ4n) is 2.13. The number of fused-ring (bicyclic) bond motifs is 1. The molecule has 1 aliphatic rings. The maximum absolute atomic E-state index is 10.9. The smallest absolute Gasteiger partial charge is 0.320 e. The van der Waals surface area contributed by atoms with Crippen molar-refractivity contribution in [2.75, 3.05) is 12.8 Å². The molecule has 1 aliphatic heterocycles. The summed E-state index contributed by atoms with van der Waals surface area (Å²) >= 11 is 1.92. The highest BCUT2D eigenvalue weighted by Crippen LogP contribution is 2.30. The molecule has 0 amide bonds. The zero-order chi connectivity index (χ0) is 13.1. The number of benzene rings is 1. The van der Waals surface area contributed by atoms with Crippen molar-refractivity contribution in [3.05, 3.63) is 29.3 Å². The van der Waals surface area contributed by atoms with Crippen LogP contribution in [0.4, 0.5) is 0 Å². The van der Waals surface area contributed by atoms with Crippen LogP contribution in [0.1, 0.15) is 24.5 Å². The molecule has 0 bridgehead atoms. The number of thioether (sulfide) groups is 1. The monoisotopic (exact) mass is 265 g/mol. The van der Waals surface area contributed by atoms with Crippen LogP contribution in [-0.2, 0) is 17.8 Å². The number of carboxylic acids is 1. The molecule has 2 rings (SSSR count). The lowest BCUT2D eigenvalue weighted by atomic mass is 10.1. The minimum atomic E-state index is -0.772. The van der Waals surface area contributed by atoms with E-state index in [1.54, 1.807) is 6.92 Å². The van der Waals surface area contributed by atoms with Crippen LogP contribution in [-0.4, -0.2) is 34.8 Å². The Balaban J connectivity index is 2.08. The van der Waals surface area contributed by atoms with Gasteiger partial charge in [0.2, 0.25) is 0 Å². The zero-order valence-electron chi connectivity index (χ0n) is 10.8. The molecule has 3 nitrogen and oxygen atoms in total. The average molecular weight is 265 g/mol. The van der Waals surface area contributed by atoms with Gasteiger partial charge in [-0.2, -0.15) is 0 Å². The van der Waals surface area contributed by atoms with E-state index in [9.17, 15) is 4.79 Å². The Kier molecular flexibility index (Phi) is 4.30. The van der Waals surface area contributed by atoms with Gasteiger partial charge in [-0.05, 0) is 49.8 Å². The van der Waals surface area contributed by atoms with E-state index in [2.05, 4.69) is 18.2 Å². The number of nitrogens with zero attached hydrogens (tertiary/aromatic N) is 1. The Morgan fingerprint density at radius 2 is 2.33 bits per heavy atom. The molecule has 98 valence electrons. The van der Waals surface area contributed by atoms with Crippen LogP contribution < -0.4 is 0 Å². The first-order valence-electron chi connectivity index (χ1n) is 6.25. The number of carboxylic acid groups (broad SMARTS) is 1. The maximum Gasteiger partial charge on any atom is 0.320 e. The molecule has 1 aromatic rings. The first kappa shape index (κ1) is 13.4. The molecule has 0 saturated carbocycles. The van der Waals surface area contributed by atoms with Crippen molar-refractivity contribution in [3.8, 4) is 0 Å². The third-order valence-electron chi connectivity index (χ3n) is 3.42. The van der Waals surface area contributed by atoms with Crippen LogP contribution >= 0.6 is 11.8 Å². The molecule has 1 N–H and O–H groups in total. The molecule has 1 heterocycles. The van der Waals surface area contributed by atoms with Crippen LogP contribution in [0.3, 0.4) is 0 Å². The molecule has 0 fully saturated rings. The highest BCUT2D eigenvalue weighted by molar-refractivity contribution is 7.99. The van der Waals surface area contributed by atoms with E-state index < -0.39 is 12.0 Å². The Labute approximate surface area is 112 Å². The van der Waals surface area contributed by atoms with Gasteiger partial charge in [0.25, 0.3) is 0 Å². The second-order valence-corrected chi connectivity index (χ2v) is 5.96. The van der Waals surface area contributed by atoms with E-state index in [-0.39, 0.29) is 0 Å². The Morgan fingerprint density at radius 3 is 3.06 bits per heavy atom. The Morgan fingerprint density at radius 1 is 1.56 bits per heavy atom. The summed E-state index contributed by atoms with van der Waals surface area (Å²) < 4.78 is 0. The molecule has 1 aromatic carbocycles. The zero-order valence-corrected chi connectivity index (χ0v) is 11.7. The van der Waals surface area contributed by atoms with Crippen molar-refractivity contribution in [2.24, 2.45) is 0 Å². The first-order chi connectivity index (χ1) is 8.58. The van der Waals surface area contributed by atoms with Gasteiger partial charge in [-0.15, -0.1) is 11.8 Å². The lowest BCUT2D eigenvalue weighted by molar-refractivity contribution is -0.142. The summed E-state index contributed by atoms with van der Waals surface area (Å²) in [6, 6.07) is 6.07. The number of aliphatic carboxylic acids is 1. The van der Waals surface area contributed by atoms with Gasteiger partial charge in [0, 0.05) is 11.4 Å². The fraction of sp³-hybridized carbons (Fsp3) is 0.500. The van der Waals surface area contributed by atoms with Crippen LogP contribution in [0.25, 0.3) is 0 Å². The summed E-state index contributed by atoms with van der Waals surface area (Å²) in [4.78, 5) is 14.2. The highest BCUT2D eigenvalue weighted by Gasteiger charge is 2.17. The number of hydrogen-bond acceptors (Lipinski definition) is 3. The SMILES string of the molecule is CC(C(=O)O)N(C)Cc1ccc2c(c1)CCCS2. The highest BCUT2D eigenvalue weighted by atomic mass is 32.2. The fourth-order valence-corrected chi connectivity index (χ4v) is 3.14. The number of aryl methyl sites for hydroxylation is 1. The summed E-state index contributed by atoms with van der Waals surface area (Å²) in [5, 5.41) is 8.98. The summed E-state index contributed by atoms with van der Waals surface area (Å²) in [7, 11) is 1.85. The van der Waals surface area contributed by atoms with Crippen LogP contribution in [0, 0.1) is 0 Å². The summed E-state index contributed by atoms with van der Waals surface area (Å²) in [6.45, 7) is 2.40. The quantitative estimate of drug-likeness (QED) is 0.908. The Bertz CT molecular complexity index is 447. The second kappa shape index (κ2) is 5.76. The van der Waals surface area contributed by atoms with E-state index >= 15 is 0 Å². The number of likely N-dealkylation sites (N-methyl/N-ethyl adjacent to an activating group) is 1. The van der Waals surface area contributed by atoms with Gasteiger partial charge in [0.05, 0.1) is 0 Å². The van der Waals surface area contributed by atoms with E-state index in [0.717, 1.165) is 6.42 Å². The van der Waals surface area contributed by atoms with E-state index in [1.165, 1.54) is 28.2 Å². The van der Waals surface area contributed by atoms with Crippen molar-refractivity contribution in [2.45, 2.75) is 37.2 Å². The first-order valence-corrected chi connectivity index (χ1v) is 7.24. The van der Waals surface area contributed by atoms with Gasteiger partial charge < -0.3 is 5.11 Å². The molecule has 0 saturated heterocycles. The third-order valence-corrected chi connectivity index (χ3v) is 4.63. The van der Waals surface area contributed by atoms with E-state index in [0.29, 0.717) is 6.54 Å². The van der Waals surface area contributed by atoms with Gasteiger partial charge in [-0.25, -0.2) is 0 Å². The third kappa shape index (κ3) is 3.06. The van der Waals surface area contributed by atoms with Gasteiger partial charge in [-0.3, -0.25) is 9.69 Å². The van der Waals surface area contributed by atoms with Gasteiger partial charge in [0.1, 0.15) is 6.04 Å². The number of rotatable bonds is 4. The summed E-state index contributed by atoms with van der Waals surface area (Å²) in [6.07, 6.45) is 2.39. The van der Waals surface area contributed by atoms with E-state index in [1.807, 2.05) is 23.7 Å². The lowest BCUT2D eigenvalue weighted by Gasteiger charge is -2.22. The summed E-state index contributed by atoms with van der Waals surface area (Å²) in [5.41, 5.74) is 2.62. The second-order valence-electron chi connectivity index (χ2n) is 4.82. The molecular formula is C14H19NO2S. The molecule has 0 radical (unpaired) electrons. The molecule has 1 unspecified atom stereocenters. The molecule has 0 aliphatic carbocycles. The van der Waals surface area contributed by atoms with Crippen LogP contribution in [0.2, 0.25) is 0 Å². The topological polar surface area (TPSA) is 40.5 Å². The largest absolute Gasteiger partial charge is 0.480 e. The number of carbonyl (C=O) groups is 1. The van der Waals surface area contributed by atoms with Gasteiger partial charge in [0.15, 0.2) is 0 Å². The molecule has 4 heteroatoms. The Hall–Kier alpha value is -1.00. The predicted molar refractivity (Wildman–Crippen MR) is 74.1 cm³/mol. The minimum Gasteiger partial charge on any atom is -0.480 e. The van der Waals surface area contributed by atoms with Crippen molar-refractivity contribution >= 4 is 17.7 Å². The molecular weight excluding hydrogens is 246 g/mol. The molecule has 1 atom stereocenters. The lowest BCUT2D eigenvalue weighted by Crippen LogP contribution is -2.35. The molecule has 0 aromatic heterocycles. The predicted octanol–water partition coefficient (Wildman–Crippen LogP) is 2.63. The van der Waals surface area contributed by atoms with Crippen molar-refractivity contribution in [1.82, 2.24) is 4.90 Å². The number of hydrogen-bond donors (Lipinski definition) is 1. The summed E-state index contributed by atoms with van der Waals surface area (Å²) in [5.74, 6) is 0.438. The van der Waals surface area contributed by atoms with E-state index in [4.69, 9.17) is 5.11 Å². The standard InChI is InChI=1S/C14H19NO2S/c1-10(14(16)17)15(2)9-11-5-6-13-12(8-11)4-3-7-18-13/h5-6,8,10H,3-4,7,9H2,1-2H3,(H,16,17).